The maximum Gasteiger partial charge on any atom is 0.264 e. The SMILES string of the molecule is Cc1ccc(-c2noc(Cn3cnc4c(cnn4-c4ccc(C)c(Cl)c4)c3=O)n2)cc1. The highest BCUT2D eigenvalue weighted by atomic mass is 35.5. The first-order valence-corrected chi connectivity index (χ1v) is 9.97. The molecule has 0 aliphatic carbocycles. The van der Waals surface area contributed by atoms with Crippen molar-refractivity contribution in [3.8, 4) is 17.1 Å². The molecule has 3 heterocycles. The van der Waals surface area contributed by atoms with Crippen molar-refractivity contribution in [3.05, 3.63) is 87.4 Å². The molecule has 0 saturated carbocycles. The maximum absolute atomic E-state index is 13.0. The van der Waals surface area contributed by atoms with Gasteiger partial charge in [0.1, 0.15) is 18.3 Å². The lowest BCUT2D eigenvalue weighted by Gasteiger charge is -2.06. The molecule has 5 aromatic rings. The Balaban J connectivity index is 1.47. The van der Waals surface area contributed by atoms with Gasteiger partial charge in [0.25, 0.3) is 5.56 Å². The Bertz CT molecular complexity index is 1470. The van der Waals surface area contributed by atoms with E-state index in [9.17, 15) is 4.79 Å². The van der Waals surface area contributed by atoms with Crippen molar-refractivity contribution in [2.75, 3.05) is 0 Å². The summed E-state index contributed by atoms with van der Waals surface area (Å²) in [6.07, 6.45) is 2.95. The summed E-state index contributed by atoms with van der Waals surface area (Å²) < 4.78 is 8.35. The number of hydrogen-bond acceptors (Lipinski definition) is 6. The minimum atomic E-state index is -0.246. The molecule has 3 aromatic heterocycles. The number of nitrogens with zero attached hydrogens (tertiary/aromatic N) is 6. The third kappa shape index (κ3) is 3.51. The minimum absolute atomic E-state index is 0.113. The lowest BCUT2D eigenvalue weighted by atomic mass is 10.1. The van der Waals surface area contributed by atoms with Gasteiger partial charge in [0.15, 0.2) is 5.65 Å². The molecule has 0 amide bonds. The van der Waals surface area contributed by atoms with Crippen molar-refractivity contribution in [1.82, 2.24) is 29.5 Å². The molecule has 5 rings (SSSR count). The summed E-state index contributed by atoms with van der Waals surface area (Å²) in [5, 5.41) is 9.35. The van der Waals surface area contributed by atoms with E-state index in [1.807, 2.05) is 50.2 Å². The number of rotatable bonds is 4. The zero-order chi connectivity index (χ0) is 21.5. The zero-order valence-electron chi connectivity index (χ0n) is 16.8. The van der Waals surface area contributed by atoms with Crippen molar-refractivity contribution in [1.29, 1.82) is 0 Å². The molecule has 2 aromatic carbocycles. The Morgan fingerprint density at radius 3 is 2.68 bits per heavy atom. The van der Waals surface area contributed by atoms with Gasteiger partial charge in [-0.25, -0.2) is 9.67 Å². The molecule has 9 heteroatoms. The highest BCUT2D eigenvalue weighted by Gasteiger charge is 2.15. The van der Waals surface area contributed by atoms with Crippen LogP contribution in [0.4, 0.5) is 0 Å². The molecule has 0 N–H and O–H groups in total. The van der Waals surface area contributed by atoms with Crippen LogP contribution in [-0.4, -0.2) is 29.5 Å². The lowest BCUT2D eigenvalue weighted by molar-refractivity contribution is 0.369. The summed E-state index contributed by atoms with van der Waals surface area (Å²) in [6, 6.07) is 13.4. The van der Waals surface area contributed by atoms with E-state index < -0.39 is 0 Å². The molecule has 0 aliphatic rings. The van der Waals surface area contributed by atoms with Crippen LogP contribution >= 0.6 is 11.6 Å². The second kappa shape index (κ2) is 7.48. The number of benzene rings is 2. The maximum atomic E-state index is 13.0. The first kappa shape index (κ1) is 19.2. The van der Waals surface area contributed by atoms with E-state index in [4.69, 9.17) is 16.1 Å². The molecule has 0 unspecified atom stereocenters. The summed E-state index contributed by atoms with van der Waals surface area (Å²) >= 11 is 6.23. The van der Waals surface area contributed by atoms with Crippen LogP contribution in [0.2, 0.25) is 5.02 Å². The van der Waals surface area contributed by atoms with E-state index in [0.717, 1.165) is 22.4 Å². The Morgan fingerprint density at radius 1 is 1.10 bits per heavy atom. The van der Waals surface area contributed by atoms with Crippen LogP contribution in [-0.2, 0) is 6.54 Å². The molecule has 0 aliphatic heterocycles. The molecular weight excluding hydrogens is 416 g/mol. The molecule has 0 radical (unpaired) electrons. The number of halogens is 1. The Labute approximate surface area is 181 Å². The highest BCUT2D eigenvalue weighted by Crippen LogP contribution is 2.21. The predicted molar refractivity (Wildman–Crippen MR) is 116 cm³/mol. The van der Waals surface area contributed by atoms with E-state index >= 15 is 0 Å². The fourth-order valence-corrected chi connectivity index (χ4v) is 3.42. The molecule has 0 bridgehead atoms. The smallest absolute Gasteiger partial charge is 0.264 e. The number of fused-ring (bicyclic) bond motifs is 1. The summed E-state index contributed by atoms with van der Waals surface area (Å²) in [4.78, 5) is 21.8. The lowest BCUT2D eigenvalue weighted by Crippen LogP contribution is -2.21. The molecule has 0 fully saturated rings. The molecule has 0 spiro atoms. The summed E-state index contributed by atoms with van der Waals surface area (Å²) in [5.74, 6) is 0.790. The Hall–Kier alpha value is -3.78. The summed E-state index contributed by atoms with van der Waals surface area (Å²) in [6.45, 7) is 4.05. The Morgan fingerprint density at radius 2 is 1.90 bits per heavy atom. The van der Waals surface area contributed by atoms with Gasteiger partial charge in [0.2, 0.25) is 11.7 Å². The quantitative estimate of drug-likeness (QED) is 0.427. The number of aromatic nitrogens is 6. The summed E-state index contributed by atoms with van der Waals surface area (Å²) in [5.41, 5.74) is 3.89. The fourth-order valence-electron chi connectivity index (χ4n) is 3.25. The number of hydrogen-bond donors (Lipinski definition) is 0. The van der Waals surface area contributed by atoms with E-state index in [0.29, 0.717) is 27.8 Å². The van der Waals surface area contributed by atoms with E-state index in [-0.39, 0.29) is 12.1 Å². The van der Waals surface area contributed by atoms with Gasteiger partial charge >= 0.3 is 0 Å². The summed E-state index contributed by atoms with van der Waals surface area (Å²) in [7, 11) is 0. The minimum Gasteiger partial charge on any atom is -0.337 e. The van der Waals surface area contributed by atoms with Gasteiger partial charge in [-0.3, -0.25) is 9.36 Å². The van der Waals surface area contributed by atoms with E-state index in [2.05, 4.69) is 20.2 Å². The van der Waals surface area contributed by atoms with Crippen LogP contribution < -0.4 is 5.56 Å². The third-order valence-corrected chi connectivity index (χ3v) is 5.45. The third-order valence-electron chi connectivity index (χ3n) is 5.04. The van der Waals surface area contributed by atoms with Gasteiger partial charge in [-0.2, -0.15) is 10.1 Å². The second-order valence-corrected chi connectivity index (χ2v) is 7.69. The first-order valence-electron chi connectivity index (χ1n) is 9.59. The van der Waals surface area contributed by atoms with E-state index in [1.165, 1.54) is 17.1 Å². The van der Waals surface area contributed by atoms with Gasteiger partial charge in [0.05, 0.1) is 11.9 Å². The van der Waals surface area contributed by atoms with Crippen LogP contribution in [0.15, 0.2) is 64.3 Å². The van der Waals surface area contributed by atoms with Crippen molar-refractivity contribution in [2.45, 2.75) is 20.4 Å². The number of aryl methyl sites for hydroxylation is 2. The molecule has 154 valence electrons. The van der Waals surface area contributed by atoms with Gasteiger partial charge in [0, 0.05) is 10.6 Å². The molecule has 8 nitrogen and oxygen atoms in total. The van der Waals surface area contributed by atoms with Crippen LogP contribution in [0.3, 0.4) is 0 Å². The molecule has 0 saturated heterocycles. The highest BCUT2D eigenvalue weighted by molar-refractivity contribution is 6.31. The van der Waals surface area contributed by atoms with Gasteiger partial charge in [-0.05, 0) is 31.5 Å². The van der Waals surface area contributed by atoms with Crippen LogP contribution in [0.25, 0.3) is 28.1 Å². The van der Waals surface area contributed by atoms with Crippen LogP contribution in [0, 0.1) is 13.8 Å². The zero-order valence-corrected chi connectivity index (χ0v) is 17.5. The largest absolute Gasteiger partial charge is 0.337 e. The van der Waals surface area contributed by atoms with Crippen molar-refractivity contribution in [3.63, 3.8) is 0 Å². The second-order valence-electron chi connectivity index (χ2n) is 7.28. The van der Waals surface area contributed by atoms with Crippen molar-refractivity contribution >= 4 is 22.6 Å². The standard InChI is InChI=1S/C22H17ClN6O2/c1-13-3-6-15(7-4-13)20-26-19(31-27-20)11-28-12-24-21-17(22(28)30)10-25-29(21)16-8-5-14(2)18(23)9-16/h3-10,12H,11H2,1-2H3. The van der Waals surface area contributed by atoms with Crippen LogP contribution in [0.5, 0.6) is 0 Å². The van der Waals surface area contributed by atoms with E-state index in [1.54, 1.807) is 10.7 Å². The molecule has 31 heavy (non-hydrogen) atoms. The van der Waals surface area contributed by atoms with Gasteiger partial charge in [-0.15, -0.1) is 0 Å². The predicted octanol–water partition coefficient (Wildman–Crippen LogP) is 3.95. The first-order chi connectivity index (χ1) is 15.0. The monoisotopic (exact) mass is 432 g/mol. The van der Waals surface area contributed by atoms with Crippen molar-refractivity contribution in [2.24, 2.45) is 0 Å². The van der Waals surface area contributed by atoms with Crippen LogP contribution in [0.1, 0.15) is 17.0 Å². The topological polar surface area (TPSA) is 91.6 Å². The molecular formula is C22H17ClN6O2. The average Bonchev–Trinajstić information content (AvgIpc) is 3.40. The normalized spacial score (nSPS) is 11.3. The van der Waals surface area contributed by atoms with Gasteiger partial charge < -0.3 is 4.52 Å². The average molecular weight is 433 g/mol. The van der Waals surface area contributed by atoms with Gasteiger partial charge in [-0.1, -0.05) is 52.7 Å². The Kier molecular flexibility index (Phi) is 4.63. The van der Waals surface area contributed by atoms with Crippen molar-refractivity contribution < 1.29 is 4.52 Å². The fraction of sp³-hybridized carbons (Fsp3) is 0.136. The molecule has 0 atom stereocenters.